The molecule has 2 amide bonds. The lowest BCUT2D eigenvalue weighted by atomic mass is 9.98. The van der Waals surface area contributed by atoms with Crippen molar-refractivity contribution in [3.63, 3.8) is 0 Å². The van der Waals surface area contributed by atoms with Crippen molar-refractivity contribution < 1.29 is 23.5 Å². The molecule has 1 atom stereocenters. The van der Waals surface area contributed by atoms with E-state index in [-0.39, 0.29) is 24.9 Å². The number of carbonyl (C=O) groups is 2. The molecule has 0 aliphatic heterocycles. The van der Waals surface area contributed by atoms with Crippen molar-refractivity contribution in [1.29, 1.82) is 0 Å². The quantitative estimate of drug-likeness (QED) is 0.293. The van der Waals surface area contributed by atoms with Gasteiger partial charge in [0.05, 0.1) is 19.7 Å². The van der Waals surface area contributed by atoms with Gasteiger partial charge < -0.3 is 19.7 Å². The van der Waals surface area contributed by atoms with E-state index in [0.29, 0.717) is 40.1 Å². The highest BCUT2D eigenvalue weighted by Crippen LogP contribution is 2.33. The van der Waals surface area contributed by atoms with Crippen molar-refractivity contribution >= 4 is 22.8 Å². The fourth-order valence-corrected chi connectivity index (χ4v) is 4.35. The molecule has 4 rings (SSSR count). The first-order chi connectivity index (χ1) is 19.2. The molecular formula is C30H34FN5O4. The summed E-state index contributed by atoms with van der Waals surface area (Å²) < 4.78 is 26.1. The minimum absolute atomic E-state index is 0.0464. The van der Waals surface area contributed by atoms with Crippen LogP contribution in [0.4, 0.5) is 4.39 Å². The Labute approximate surface area is 232 Å². The maximum atomic E-state index is 14.1. The Morgan fingerprint density at radius 2 is 1.73 bits per heavy atom. The second-order valence-corrected chi connectivity index (χ2v) is 10.1. The van der Waals surface area contributed by atoms with Crippen molar-refractivity contribution in [3.05, 3.63) is 83.7 Å². The number of halogens is 1. The number of aromatic nitrogens is 3. The standard InChI is InChI=1S/C30H34FN5O4/c1-6-30(2,3)32-29(38)28(21-13-16-25(39-4)26(17-21)40-5)35(18-20-11-14-22(31)15-12-20)27(37)19-36-24-10-8-7-9-23(24)33-34-36/h7-17,28H,6,18-19H2,1-5H3,(H,32,38)/t28-/m1/s1. The highest BCUT2D eigenvalue weighted by atomic mass is 19.1. The molecule has 210 valence electrons. The van der Waals surface area contributed by atoms with Crippen LogP contribution in [0.3, 0.4) is 0 Å². The van der Waals surface area contributed by atoms with Crippen LogP contribution in [0, 0.1) is 5.82 Å². The topological polar surface area (TPSA) is 98.6 Å². The van der Waals surface area contributed by atoms with Crippen molar-refractivity contribution in [2.45, 2.75) is 51.9 Å². The number of hydrogen-bond acceptors (Lipinski definition) is 6. The van der Waals surface area contributed by atoms with E-state index in [1.165, 1.54) is 35.9 Å². The van der Waals surface area contributed by atoms with Gasteiger partial charge in [0.2, 0.25) is 11.8 Å². The van der Waals surface area contributed by atoms with Crippen LogP contribution in [0.2, 0.25) is 0 Å². The third-order valence-electron chi connectivity index (χ3n) is 6.92. The average Bonchev–Trinajstić information content (AvgIpc) is 3.36. The number of amides is 2. The fourth-order valence-electron chi connectivity index (χ4n) is 4.35. The first-order valence-corrected chi connectivity index (χ1v) is 13.0. The highest BCUT2D eigenvalue weighted by molar-refractivity contribution is 5.89. The van der Waals surface area contributed by atoms with Crippen LogP contribution in [0.1, 0.15) is 44.4 Å². The number of ether oxygens (including phenoxy) is 2. The molecule has 9 nitrogen and oxygen atoms in total. The average molecular weight is 548 g/mol. The summed E-state index contributed by atoms with van der Waals surface area (Å²) in [6, 6.07) is 17.3. The van der Waals surface area contributed by atoms with Crippen LogP contribution in [0.25, 0.3) is 11.0 Å². The predicted octanol–water partition coefficient (Wildman–Crippen LogP) is 4.66. The first-order valence-electron chi connectivity index (χ1n) is 13.0. The second kappa shape index (κ2) is 12.1. The molecule has 4 aromatic rings. The Hall–Kier alpha value is -4.47. The molecule has 0 unspecified atom stereocenters. The van der Waals surface area contributed by atoms with Crippen LogP contribution in [-0.2, 0) is 22.7 Å². The lowest BCUT2D eigenvalue weighted by Crippen LogP contribution is -2.50. The number of benzene rings is 3. The Balaban J connectivity index is 1.81. The number of nitrogens with one attached hydrogen (secondary N) is 1. The summed E-state index contributed by atoms with van der Waals surface area (Å²) >= 11 is 0. The van der Waals surface area contributed by atoms with Crippen molar-refractivity contribution in [2.24, 2.45) is 0 Å². The Morgan fingerprint density at radius 1 is 1.02 bits per heavy atom. The van der Waals surface area contributed by atoms with Crippen LogP contribution >= 0.6 is 0 Å². The van der Waals surface area contributed by atoms with E-state index in [4.69, 9.17) is 9.47 Å². The van der Waals surface area contributed by atoms with Gasteiger partial charge in [-0.05, 0) is 67.8 Å². The molecule has 0 fully saturated rings. The molecule has 0 saturated carbocycles. The zero-order valence-electron chi connectivity index (χ0n) is 23.3. The molecular weight excluding hydrogens is 513 g/mol. The Morgan fingerprint density at radius 3 is 2.40 bits per heavy atom. The molecule has 0 aliphatic carbocycles. The summed E-state index contributed by atoms with van der Waals surface area (Å²) in [5.41, 5.74) is 2.00. The van der Waals surface area contributed by atoms with E-state index < -0.39 is 17.4 Å². The Kier molecular flexibility index (Phi) is 8.67. The minimum atomic E-state index is -1.04. The van der Waals surface area contributed by atoms with E-state index in [1.807, 2.05) is 45.0 Å². The molecule has 10 heteroatoms. The Bertz CT molecular complexity index is 1490. The maximum Gasteiger partial charge on any atom is 0.247 e. The summed E-state index contributed by atoms with van der Waals surface area (Å²) in [6.07, 6.45) is 0.675. The summed E-state index contributed by atoms with van der Waals surface area (Å²) in [5, 5.41) is 11.4. The largest absolute Gasteiger partial charge is 0.493 e. The number of para-hydroxylation sites is 1. The highest BCUT2D eigenvalue weighted by Gasteiger charge is 2.35. The maximum absolute atomic E-state index is 14.1. The summed E-state index contributed by atoms with van der Waals surface area (Å²) in [6.45, 7) is 5.71. The summed E-state index contributed by atoms with van der Waals surface area (Å²) in [5.74, 6) is -0.217. The third-order valence-corrected chi connectivity index (χ3v) is 6.92. The third kappa shape index (κ3) is 6.39. The predicted molar refractivity (Wildman–Crippen MR) is 149 cm³/mol. The summed E-state index contributed by atoms with van der Waals surface area (Å²) in [4.78, 5) is 29.6. The van der Waals surface area contributed by atoms with E-state index in [2.05, 4.69) is 15.6 Å². The normalized spacial score (nSPS) is 12.2. The van der Waals surface area contributed by atoms with E-state index in [1.54, 1.807) is 30.3 Å². The second-order valence-electron chi connectivity index (χ2n) is 10.1. The van der Waals surface area contributed by atoms with Gasteiger partial charge in [0.25, 0.3) is 0 Å². The summed E-state index contributed by atoms with van der Waals surface area (Å²) in [7, 11) is 3.03. The lowest BCUT2D eigenvalue weighted by molar-refractivity contribution is -0.143. The fraction of sp³-hybridized carbons (Fsp3) is 0.333. The molecule has 40 heavy (non-hydrogen) atoms. The van der Waals surface area contributed by atoms with Crippen molar-refractivity contribution in [3.8, 4) is 11.5 Å². The van der Waals surface area contributed by atoms with Crippen molar-refractivity contribution in [2.75, 3.05) is 14.2 Å². The van der Waals surface area contributed by atoms with Gasteiger partial charge in [0.15, 0.2) is 11.5 Å². The molecule has 1 N–H and O–H groups in total. The smallest absolute Gasteiger partial charge is 0.247 e. The lowest BCUT2D eigenvalue weighted by Gasteiger charge is -2.35. The van der Waals surface area contributed by atoms with E-state index in [9.17, 15) is 14.0 Å². The number of hydrogen-bond donors (Lipinski definition) is 1. The van der Waals surface area contributed by atoms with Crippen molar-refractivity contribution in [1.82, 2.24) is 25.2 Å². The molecule has 0 spiro atoms. The number of methoxy groups -OCH3 is 2. The molecule has 0 radical (unpaired) electrons. The van der Waals surface area contributed by atoms with Gasteiger partial charge in [0.1, 0.15) is 23.9 Å². The number of nitrogens with zero attached hydrogens (tertiary/aromatic N) is 4. The number of carbonyl (C=O) groups excluding carboxylic acids is 2. The molecule has 0 saturated heterocycles. The van der Waals surface area contributed by atoms with Gasteiger partial charge in [-0.3, -0.25) is 9.59 Å². The van der Waals surface area contributed by atoms with Gasteiger partial charge in [-0.1, -0.05) is 42.5 Å². The van der Waals surface area contributed by atoms with Gasteiger partial charge >= 0.3 is 0 Å². The van der Waals surface area contributed by atoms with Crippen LogP contribution < -0.4 is 14.8 Å². The first kappa shape index (κ1) is 28.5. The number of rotatable bonds is 11. The van der Waals surface area contributed by atoms with Crippen LogP contribution in [-0.4, -0.2) is 51.5 Å². The van der Waals surface area contributed by atoms with E-state index in [0.717, 1.165) is 0 Å². The van der Waals surface area contributed by atoms with Gasteiger partial charge in [-0.2, -0.15) is 0 Å². The zero-order valence-corrected chi connectivity index (χ0v) is 23.3. The van der Waals surface area contributed by atoms with Gasteiger partial charge in [-0.25, -0.2) is 9.07 Å². The molecule has 1 aromatic heterocycles. The van der Waals surface area contributed by atoms with E-state index >= 15 is 0 Å². The SMILES string of the molecule is CCC(C)(C)NC(=O)[C@@H](c1ccc(OC)c(OC)c1)N(Cc1ccc(F)cc1)C(=O)Cn1nnc2ccccc21. The zero-order chi connectivity index (χ0) is 28.9. The van der Waals surface area contributed by atoms with Crippen LogP contribution in [0.5, 0.6) is 11.5 Å². The van der Waals surface area contributed by atoms with Gasteiger partial charge in [0, 0.05) is 12.1 Å². The van der Waals surface area contributed by atoms with Crippen LogP contribution in [0.15, 0.2) is 66.7 Å². The molecule has 0 aliphatic rings. The molecule has 1 heterocycles. The monoisotopic (exact) mass is 547 g/mol. The number of fused-ring (bicyclic) bond motifs is 1. The minimum Gasteiger partial charge on any atom is -0.493 e. The molecule has 3 aromatic carbocycles. The van der Waals surface area contributed by atoms with Gasteiger partial charge in [-0.15, -0.1) is 5.10 Å². The molecule has 0 bridgehead atoms.